The van der Waals surface area contributed by atoms with Crippen LogP contribution in [0.25, 0.3) is 0 Å². The highest BCUT2D eigenvalue weighted by Crippen LogP contribution is 2.31. The summed E-state index contributed by atoms with van der Waals surface area (Å²) in [5.74, 6) is -0.222. The third kappa shape index (κ3) is 7.79. The number of nitrogens with one attached hydrogen (secondary N) is 2. The Morgan fingerprint density at radius 2 is 1.92 bits per heavy atom. The highest BCUT2D eigenvalue weighted by atomic mass is 32.2. The Bertz CT molecular complexity index is 889. The van der Waals surface area contributed by atoms with Crippen molar-refractivity contribution in [2.24, 2.45) is 5.92 Å². The van der Waals surface area contributed by atoms with Crippen LogP contribution in [0.2, 0.25) is 0 Å². The number of rotatable bonds is 11. The van der Waals surface area contributed by atoms with E-state index in [1.807, 2.05) is 0 Å². The fourth-order valence-electron chi connectivity index (χ4n) is 4.69. The van der Waals surface area contributed by atoms with Gasteiger partial charge in [-0.05, 0) is 56.5 Å². The number of nitrogens with two attached hydrogens (primary N) is 1. The molecule has 208 valence electrons. The highest BCUT2D eigenvalue weighted by Gasteiger charge is 2.48. The average Bonchev–Trinajstić information content (AvgIpc) is 3.34. The van der Waals surface area contributed by atoms with Crippen molar-refractivity contribution < 1.29 is 39.5 Å². The summed E-state index contributed by atoms with van der Waals surface area (Å²) in [6.07, 6.45) is -4.10. The largest absolute Gasteiger partial charge is 0.461 e. The van der Waals surface area contributed by atoms with Crippen molar-refractivity contribution in [1.82, 2.24) is 10.6 Å². The first-order valence-electron chi connectivity index (χ1n) is 12.7. The number of esters is 1. The maximum absolute atomic E-state index is 12.9. The van der Waals surface area contributed by atoms with Crippen molar-refractivity contribution in [2.75, 3.05) is 24.6 Å². The Morgan fingerprint density at radius 1 is 1.22 bits per heavy atom. The molecule has 9 atom stereocenters. The molecular weight excluding hydrogens is 502 g/mol. The van der Waals surface area contributed by atoms with E-state index in [4.69, 9.17) is 15.2 Å². The molecule has 0 unspecified atom stereocenters. The number of anilines is 1. The fourth-order valence-corrected chi connectivity index (χ4v) is 5.67. The highest BCUT2D eigenvalue weighted by molar-refractivity contribution is 7.99. The van der Waals surface area contributed by atoms with E-state index in [2.05, 4.69) is 17.6 Å². The number of benzene rings is 1. The van der Waals surface area contributed by atoms with E-state index in [9.17, 15) is 30.0 Å². The number of carbonyl (C=O) groups excluding carboxylic acids is 2. The molecule has 8 N–H and O–H groups in total. The molecule has 0 bridgehead atoms. The second kappa shape index (κ2) is 13.7. The van der Waals surface area contributed by atoms with Crippen LogP contribution < -0.4 is 16.4 Å². The predicted octanol–water partition coefficient (Wildman–Crippen LogP) is -0.390. The predicted molar refractivity (Wildman–Crippen MR) is 139 cm³/mol. The number of amides is 1. The van der Waals surface area contributed by atoms with Gasteiger partial charge in [-0.25, -0.2) is 4.79 Å². The molecule has 0 radical (unpaired) electrons. The van der Waals surface area contributed by atoms with Crippen LogP contribution in [-0.2, 0) is 14.3 Å². The zero-order valence-electron chi connectivity index (χ0n) is 21.2. The Labute approximate surface area is 221 Å². The molecule has 0 spiro atoms. The first-order valence-corrected chi connectivity index (χ1v) is 13.7. The van der Waals surface area contributed by atoms with Gasteiger partial charge >= 0.3 is 5.97 Å². The van der Waals surface area contributed by atoms with Crippen LogP contribution >= 0.6 is 11.8 Å². The van der Waals surface area contributed by atoms with Gasteiger partial charge in [-0.1, -0.05) is 13.3 Å². The van der Waals surface area contributed by atoms with Gasteiger partial charge in [0.05, 0.1) is 23.8 Å². The van der Waals surface area contributed by atoms with E-state index in [1.165, 1.54) is 6.92 Å². The van der Waals surface area contributed by atoms with E-state index in [0.717, 1.165) is 31.1 Å². The van der Waals surface area contributed by atoms with Crippen LogP contribution in [0.5, 0.6) is 0 Å². The number of hydrogen-bond donors (Lipinski definition) is 7. The fraction of sp³-hybridized carbons (Fsp3) is 0.680. The summed E-state index contributed by atoms with van der Waals surface area (Å²) in [6, 6.07) is 4.84. The van der Waals surface area contributed by atoms with Crippen LogP contribution in [0.3, 0.4) is 0 Å². The Kier molecular flexibility index (Phi) is 11.0. The van der Waals surface area contributed by atoms with E-state index < -0.39 is 54.0 Å². The van der Waals surface area contributed by atoms with Crippen molar-refractivity contribution in [1.29, 1.82) is 0 Å². The average molecular weight is 542 g/mol. The SMILES string of the molecule is CCC[C@H]1CN[C@H](C(=O)N[C@@H]([C@H]2O[C@H](SCCOC(=O)c3ccc(N)cc3)[C@H](O)[C@@H](O)[C@H]2O)[C@@H](C)O)C1. The lowest BCUT2D eigenvalue weighted by Gasteiger charge is -2.44. The smallest absolute Gasteiger partial charge is 0.338 e. The van der Waals surface area contributed by atoms with E-state index in [-0.39, 0.29) is 18.3 Å². The summed E-state index contributed by atoms with van der Waals surface area (Å²) < 4.78 is 11.1. The maximum Gasteiger partial charge on any atom is 0.338 e. The normalized spacial score (nSPS) is 31.5. The van der Waals surface area contributed by atoms with Gasteiger partial charge < -0.3 is 46.3 Å². The van der Waals surface area contributed by atoms with Gasteiger partial charge in [-0.15, -0.1) is 11.8 Å². The number of ether oxygens (including phenoxy) is 2. The standard InChI is InChI=1S/C25H39N3O8S/c1-3-4-14-11-17(27-12-14)23(33)28-18(13(2)29)22-20(31)19(30)21(32)25(36-22)37-10-9-35-24(34)15-5-7-16(26)8-6-15/h5-8,13-14,17-22,25,27,29-32H,3-4,9-12,26H2,1-2H3,(H,28,33)/t13-,14-,17+,18-,19+,20-,21-,22-,25-/m1/s1. The van der Waals surface area contributed by atoms with Gasteiger partial charge in [0.1, 0.15) is 36.5 Å². The first-order chi connectivity index (χ1) is 17.6. The number of carbonyl (C=O) groups is 2. The molecule has 2 fully saturated rings. The van der Waals surface area contributed by atoms with Crippen LogP contribution in [0.1, 0.15) is 43.5 Å². The molecule has 2 aliphatic heterocycles. The molecular formula is C25H39N3O8S. The van der Waals surface area contributed by atoms with Crippen LogP contribution in [0.4, 0.5) is 5.69 Å². The van der Waals surface area contributed by atoms with E-state index in [1.54, 1.807) is 24.3 Å². The first kappa shape index (κ1) is 29.6. The van der Waals surface area contributed by atoms with Gasteiger partial charge in [0.25, 0.3) is 0 Å². The molecule has 0 aliphatic carbocycles. The number of aliphatic hydroxyl groups excluding tert-OH is 4. The molecule has 1 amide bonds. The molecule has 2 heterocycles. The van der Waals surface area contributed by atoms with E-state index >= 15 is 0 Å². The van der Waals surface area contributed by atoms with Crippen molar-refractivity contribution >= 4 is 29.3 Å². The van der Waals surface area contributed by atoms with Crippen LogP contribution in [0, 0.1) is 5.92 Å². The molecule has 0 saturated carbocycles. The molecule has 1 aromatic carbocycles. The van der Waals surface area contributed by atoms with Crippen molar-refractivity contribution in [2.45, 2.75) is 81.1 Å². The number of thioether (sulfide) groups is 1. The summed E-state index contributed by atoms with van der Waals surface area (Å²) >= 11 is 1.09. The minimum absolute atomic E-state index is 0.00656. The number of aliphatic hydroxyl groups is 4. The van der Waals surface area contributed by atoms with Crippen LogP contribution in [-0.4, -0.2) is 99.2 Å². The third-order valence-electron chi connectivity index (χ3n) is 6.77. The summed E-state index contributed by atoms with van der Waals surface area (Å²) in [7, 11) is 0. The Balaban J connectivity index is 1.56. The minimum atomic E-state index is -1.56. The van der Waals surface area contributed by atoms with Gasteiger partial charge in [0.2, 0.25) is 5.91 Å². The zero-order valence-corrected chi connectivity index (χ0v) is 22.0. The molecule has 2 aliphatic rings. The topological polar surface area (TPSA) is 184 Å². The Hall–Kier alpha value is -1.93. The van der Waals surface area contributed by atoms with Crippen molar-refractivity contribution in [3.63, 3.8) is 0 Å². The molecule has 12 heteroatoms. The molecule has 1 aromatic rings. The Morgan fingerprint density at radius 3 is 2.57 bits per heavy atom. The second-order valence-corrected chi connectivity index (χ2v) is 10.9. The molecule has 0 aromatic heterocycles. The number of nitrogen functional groups attached to an aromatic ring is 1. The number of hydrogen-bond acceptors (Lipinski definition) is 11. The summed E-state index contributed by atoms with van der Waals surface area (Å²) in [5.41, 5.74) is 5.50. The lowest BCUT2D eigenvalue weighted by atomic mass is 9.92. The lowest BCUT2D eigenvalue weighted by molar-refractivity contribution is -0.211. The van der Waals surface area contributed by atoms with Gasteiger partial charge in [-0.2, -0.15) is 0 Å². The summed E-state index contributed by atoms with van der Waals surface area (Å²) in [6.45, 7) is 4.29. The van der Waals surface area contributed by atoms with Crippen molar-refractivity contribution in [3.8, 4) is 0 Å². The summed E-state index contributed by atoms with van der Waals surface area (Å²) in [5, 5.41) is 47.9. The zero-order chi connectivity index (χ0) is 27.1. The second-order valence-electron chi connectivity index (χ2n) is 9.70. The molecule has 2 saturated heterocycles. The molecule has 37 heavy (non-hydrogen) atoms. The lowest BCUT2D eigenvalue weighted by Crippen LogP contribution is -2.65. The maximum atomic E-state index is 12.9. The van der Waals surface area contributed by atoms with Gasteiger partial charge in [0, 0.05) is 11.4 Å². The summed E-state index contributed by atoms with van der Waals surface area (Å²) in [4.78, 5) is 25.1. The molecule has 3 rings (SSSR count). The quantitative estimate of drug-likeness (QED) is 0.110. The monoisotopic (exact) mass is 541 g/mol. The minimum Gasteiger partial charge on any atom is -0.461 e. The third-order valence-corrected chi connectivity index (χ3v) is 7.89. The van der Waals surface area contributed by atoms with Crippen molar-refractivity contribution in [3.05, 3.63) is 29.8 Å². The molecule has 11 nitrogen and oxygen atoms in total. The van der Waals surface area contributed by atoms with Gasteiger partial charge in [0.15, 0.2) is 0 Å². The van der Waals surface area contributed by atoms with Crippen LogP contribution in [0.15, 0.2) is 24.3 Å². The van der Waals surface area contributed by atoms with E-state index in [0.29, 0.717) is 23.6 Å². The van der Waals surface area contributed by atoms with Gasteiger partial charge in [-0.3, -0.25) is 4.79 Å².